The molecule has 0 spiro atoms. The van der Waals surface area contributed by atoms with Gasteiger partial charge in [0, 0.05) is 6.54 Å². The van der Waals surface area contributed by atoms with Gasteiger partial charge in [0.25, 0.3) is 0 Å². The van der Waals surface area contributed by atoms with Crippen molar-refractivity contribution in [3.05, 3.63) is 65.7 Å². The van der Waals surface area contributed by atoms with Crippen molar-refractivity contribution in [2.45, 2.75) is 17.1 Å². The smallest absolute Gasteiger partial charge is 0.228 e. The van der Waals surface area contributed by atoms with Gasteiger partial charge in [-0.25, -0.2) is 21.6 Å². The fraction of sp³-hybridized carbons (Fsp3) is 0.235. The molecule has 25 heavy (non-hydrogen) atoms. The normalized spacial score (nSPS) is 11.8. The van der Waals surface area contributed by atoms with Crippen LogP contribution in [0.2, 0.25) is 0 Å². The Hall–Kier alpha value is -2.21. The van der Waals surface area contributed by atoms with Crippen LogP contribution in [0.15, 0.2) is 59.5 Å². The molecule has 132 valence electrons. The summed E-state index contributed by atoms with van der Waals surface area (Å²) in [6.45, 7) is 0.0242. The first kappa shape index (κ1) is 19.1. The van der Waals surface area contributed by atoms with Crippen LogP contribution < -0.4 is 4.72 Å². The van der Waals surface area contributed by atoms with Crippen LogP contribution in [0.4, 0.5) is 0 Å². The Morgan fingerprint density at radius 3 is 2.16 bits per heavy atom. The van der Waals surface area contributed by atoms with E-state index in [-0.39, 0.29) is 29.4 Å². The zero-order valence-electron chi connectivity index (χ0n) is 13.4. The van der Waals surface area contributed by atoms with E-state index in [2.05, 4.69) is 4.72 Å². The summed E-state index contributed by atoms with van der Waals surface area (Å²) in [4.78, 5) is 0.0404. The number of sulfone groups is 1. The largest absolute Gasteiger partial charge is 0.240 e. The van der Waals surface area contributed by atoms with Crippen molar-refractivity contribution in [2.75, 3.05) is 12.3 Å². The van der Waals surface area contributed by atoms with E-state index in [9.17, 15) is 16.8 Å². The molecule has 0 aliphatic rings. The van der Waals surface area contributed by atoms with Crippen LogP contribution in [-0.2, 0) is 25.6 Å². The molecular formula is C17H18N2O4S2. The maximum Gasteiger partial charge on any atom is 0.240 e. The Balaban J connectivity index is 1.86. The van der Waals surface area contributed by atoms with Gasteiger partial charge >= 0.3 is 0 Å². The molecule has 2 rings (SSSR count). The standard InChI is InChI=1S/C17H18N2O4S2/c18-13-15-7-9-17(10-8-15)25(22,23)19-11-4-12-24(20,21)14-16-5-2-1-3-6-16/h1-3,5-10,19H,4,11-12,14H2. The van der Waals surface area contributed by atoms with Crippen LogP contribution in [0, 0.1) is 11.3 Å². The van der Waals surface area contributed by atoms with E-state index in [0.29, 0.717) is 11.1 Å². The summed E-state index contributed by atoms with van der Waals surface area (Å²) in [5.41, 5.74) is 1.08. The van der Waals surface area contributed by atoms with E-state index >= 15 is 0 Å². The van der Waals surface area contributed by atoms with Gasteiger partial charge in [-0.1, -0.05) is 30.3 Å². The van der Waals surface area contributed by atoms with Crippen molar-refractivity contribution >= 4 is 19.9 Å². The highest BCUT2D eigenvalue weighted by Gasteiger charge is 2.15. The fourth-order valence-corrected chi connectivity index (χ4v) is 4.69. The summed E-state index contributed by atoms with van der Waals surface area (Å²) >= 11 is 0. The van der Waals surface area contributed by atoms with Gasteiger partial charge < -0.3 is 0 Å². The second-order valence-corrected chi connectivity index (χ2v) is 9.42. The van der Waals surface area contributed by atoms with Crippen molar-refractivity contribution < 1.29 is 16.8 Å². The summed E-state index contributed by atoms with van der Waals surface area (Å²) in [6.07, 6.45) is 0.185. The maximum atomic E-state index is 12.1. The van der Waals surface area contributed by atoms with Crippen LogP contribution in [0.3, 0.4) is 0 Å². The second kappa shape index (κ2) is 8.25. The monoisotopic (exact) mass is 378 g/mol. The Morgan fingerprint density at radius 1 is 0.920 bits per heavy atom. The fourth-order valence-electron chi connectivity index (χ4n) is 2.19. The van der Waals surface area contributed by atoms with Crippen molar-refractivity contribution in [1.29, 1.82) is 5.26 Å². The summed E-state index contributed by atoms with van der Waals surface area (Å²) in [5, 5.41) is 8.71. The predicted octanol–water partition coefficient (Wildman–Crippen LogP) is 1.84. The average molecular weight is 378 g/mol. The van der Waals surface area contributed by atoms with Gasteiger partial charge in [-0.2, -0.15) is 5.26 Å². The lowest BCUT2D eigenvalue weighted by Gasteiger charge is -2.08. The van der Waals surface area contributed by atoms with Crippen molar-refractivity contribution in [2.24, 2.45) is 0 Å². The van der Waals surface area contributed by atoms with E-state index in [1.165, 1.54) is 24.3 Å². The molecule has 0 aromatic heterocycles. The minimum Gasteiger partial charge on any atom is -0.228 e. The van der Waals surface area contributed by atoms with Gasteiger partial charge in [0.2, 0.25) is 10.0 Å². The molecule has 2 aromatic rings. The average Bonchev–Trinajstić information content (AvgIpc) is 2.59. The highest BCUT2D eigenvalue weighted by atomic mass is 32.2. The highest BCUT2D eigenvalue weighted by Crippen LogP contribution is 2.10. The van der Waals surface area contributed by atoms with E-state index in [4.69, 9.17) is 5.26 Å². The number of hydrogen-bond acceptors (Lipinski definition) is 5. The third kappa shape index (κ3) is 5.98. The Morgan fingerprint density at radius 2 is 1.56 bits per heavy atom. The Kier molecular flexibility index (Phi) is 6.31. The molecule has 0 saturated heterocycles. The molecule has 8 heteroatoms. The topological polar surface area (TPSA) is 104 Å². The lowest BCUT2D eigenvalue weighted by molar-refractivity contribution is 0.576. The third-order valence-electron chi connectivity index (χ3n) is 3.45. The number of nitrogens with zero attached hydrogens (tertiary/aromatic N) is 1. The Bertz CT molecular complexity index is 946. The molecule has 0 atom stereocenters. The van der Waals surface area contributed by atoms with Gasteiger partial charge in [-0.15, -0.1) is 0 Å². The van der Waals surface area contributed by atoms with Gasteiger partial charge in [-0.3, -0.25) is 0 Å². The van der Waals surface area contributed by atoms with Gasteiger partial charge in [0.05, 0.1) is 28.0 Å². The molecule has 0 heterocycles. The van der Waals surface area contributed by atoms with Crippen LogP contribution in [-0.4, -0.2) is 29.1 Å². The molecule has 0 aliphatic heterocycles. The molecule has 1 N–H and O–H groups in total. The molecule has 0 amide bonds. The molecular weight excluding hydrogens is 360 g/mol. The molecule has 6 nitrogen and oxygen atoms in total. The minimum absolute atomic E-state index is 0.0242. The van der Waals surface area contributed by atoms with E-state index in [1.807, 2.05) is 12.1 Å². The molecule has 0 fully saturated rings. The van der Waals surface area contributed by atoms with Gasteiger partial charge in [-0.05, 0) is 36.2 Å². The predicted molar refractivity (Wildman–Crippen MR) is 94.9 cm³/mol. The SMILES string of the molecule is N#Cc1ccc(S(=O)(=O)NCCCS(=O)(=O)Cc2ccccc2)cc1. The lowest BCUT2D eigenvalue weighted by atomic mass is 10.2. The Labute approximate surface area is 148 Å². The first-order valence-electron chi connectivity index (χ1n) is 7.57. The van der Waals surface area contributed by atoms with Gasteiger partial charge in [0.15, 0.2) is 9.84 Å². The van der Waals surface area contributed by atoms with Crippen molar-refractivity contribution in [3.63, 3.8) is 0 Å². The first-order chi connectivity index (χ1) is 11.8. The summed E-state index contributed by atoms with van der Waals surface area (Å²) < 4.78 is 50.7. The number of nitrogens with one attached hydrogen (secondary N) is 1. The molecule has 0 bridgehead atoms. The molecule has 0 unspecified atom stereocenters. The van der Waals surface area contributed by atoms with Gasteiger partial charge in [0.1, 0.15) is 0 Å². The molecule has 0 radical (unpaired) electrons. The van der Waals surface area contributed by atoms with Crippen molar-refractivity contribution in [3.8, 4) is 6.07 Å². The van der Waals surface area contributed by atoms with Crippen LogP contribution in [0.5, 0.6) is 0 Å². The summed E-state index contributed by atoms with van der Waals surface area (Å²) in [6, 6.07) is 16.3. The van der Waals surface area contributed by atoms with E-state index in [0.717, 1.165) is 0 Å². The molecule has 0 aliphatic carbocycles. The van der Waals surface area contributed by atoms with Crippen LogP contribution >= 0.6 is 0 Å². The second-order valence-electron chi connectivity index (χ2n) is 5.47. The number of hydrogen-bond donors (Lipinski definition) is 1. The zero-order valence-corrected chi connectivity index (χ0v) is 15.1. The number of rotatable bonds is 8. The lowest BCUT2D eigenvalue weighted by Crippen LogP contribution is -2.26. The first-order valence-corrected chi connectivity index (χ1v) is 10.9. The van der Waals surface area contributed by atoms with Crippen LogP contribution in [0.25, 0.3) is 0 Å². The maximum absolute atomic E-state index is 12.1. The number of benzene rings is 2. The molecule has 0 saturated carbocycles. The molecule has 2 aromatic carbocycles. The summed E-state index contributed by atoms with van der Waals surface area (Å²) in [5.74, 6) is -0.159. The summed E-state index contributed by atoms with van der Waals surface area (Å²) in [7, 11) is -7.01. The third-order valence-corrected chi connectivity index (χ3v) is 6.61. The quantitative estimate of drug-likeness (QED) is 0.706. The zero-order chi connectivity index (χ0) is 18.3. The van der Waals surface area contributed by atoms with E-state index < -0.39 is 19.9 Å². The van der Waals surface area contributed by atoms with Crippen LogP contribution in [0.1, 0.15) is 17.5 Å². The number of sulfonamides is 1. The number of nitriles is 1. The van der Waals surface area contributed by atoms with E-state index in [1.54, 1.807) is 24.3 Å². The highest BCUT2D eigenvalue weighted by molar-refractivity contribution is 7.90. The minimum atomic E-state index is -3.72. The van der Waals surface area contributed by atoms with Crippen molar-refractivity contribution in [1.82, 2.24) is 4.72 Å².